The number of rotatable bonds is 7. The number of hydrogen-bond acceptors (Lipinski definition) is 6. The Hall–Kier alpha value is -3.13. The average molecular weight is 412 g/mol. The predicted octanol–water partition coefficient (Wildman–Crippen LogP) is 2.87. The molecule has 2 aromatic carbocycles. The standard InChI is InChI=1S/C21H20N2O5S/c1-2-28-21(27)14-8-10-16(11-9-14)23-19(25)12-17(20(23)26)29-13-18(24)22-15-6-4-3-5-7-15/h3-11,17H,2,12-13H2,1H3,(H,22,24). The van der Waals surface area contributed by atoms with Crippen molar-refractivity contribution in [1.29, 1.82) is 0 Å². The van der Waals surface area contributed by atoms with Gasteiger partial charge < -0.3 is 10.1 Å². The summed E-state index contributed by atoms with van der Waals surface area (Å²) in [5.74, 6) is -1.33. The molecule has 1 atom stereocenters. The average Bonchev–Trinajstić information content (AvgIpc) is 3.01. The second-order valence-corrected chi connectivity index (χ2v) is 7.44. The molecule has 1 heterocycles. The number of thioether (sulfide) groups is 1. The summed E-state index contributed by atoms with van der Waals surface area (Å²) in [7, 11) is 0. The third-order valence-corrected chi connectivity index (χ3v) is 5.41. The fraction of sp³-hybridized carbons (Fsp3) is 0.238. The molecule has 7 nitrogen and oxygen atoms in total. The highest BCUT2D eigenvalue weighted by Gasteiger charge is 2.40. The Morgan fingerprint density at radius 1 is 1.10 bits per heavy atom. The number of benzene rings is 2. The van der Waals surface area contributed by atoms with Crippen LogP contribution in [0.5, 0.6) is 0 Å². The Morgan fingerprint density at radius 2 is 1.79 bits per heavy atom. The summed E-state index contributed by atoms with van der Waals surface area (Å²) in [6.07, 6.45) is 0.0295. The second kappa shape index (κ2) is 9.38. The highest BCUT2D eigenvalue weighted by Crippen LogP contribution is 2.30. The number of para-hydroxylation sites is 1. The Kier molecular flexibility index (Phi) is 6.66. The number of imide groups is 1. The molecule has 2 aromatic rings. The van der Waals surface area contributed by atoms with Crippen molar-refractivity contribution in [2.24, 2.45) is 0 Å². The molecule has 1 saturated heterocycles. The number of carbonyl (C=O) groups excluding carboxylic acids is 4. The summed E-state index contributed by atoms with van der Waals surface area (Å²) in [4.78, 5) is 49.9. The van der Waals surface area contributed by atoms with Gasteiger partial charge in [0.25, 0.3) is 0 Å². The zero-order chi connectivity index (χ0) is 20.8. The van der Waals surface area contributed by atoms with E-state index in [0.717, 1.165) is 16.7 Å². The van der Waals surface area contributed by atoms with E-state index in [0.29, 0.717) is 16.9 Å². The molecule has 0 radical (unpaired) electrons. The first-order valence-corrected chi connectivity index (χ1v) is 10.1. The summed E-state index contributed by atoms with van der Waals surface area (Å²) in [5, 5.41) is 2.13. The van der Waals surface area contributed by atoms with Crippen molar-refractivity contribution in [2.75, 3.05) is 22.6 Å². The van der Waals surface area contributed by atoms with E-state index in [1.165, 1.54) is 24.3 Å². The molecule has 1 aliphatic heterocycles. The number of hydrogen-bond donors (Lipinski definition) is 1. The van der Waals surface area contributed by atoms with Crippen LogP contribution < -0.4 is 10.2 Å². The lowest BCUT2D eigenvalue weighted by Gasteiger charge is -2.15. The molecule has 1 unspecified atom stereocenters. The lowest BCUT2D eigenvalue weighted by atomic mass is 10.2. The van der Waals surface area contributed by atoms with Gasteiger partial charge in [-0.2, -0.15) is 0 Å². The van der Waals surface area contributed by atoms with Gasteiger partial charge in [0, 0.05) is 12.1 Å². The predicted molar refractivity (Wildman–Crippen MR) is 111 cm³/mol. The number of esters is 1. The molecule has 8 heteroatoms. The maximum atomic E-state index is 12.7. The lowest BCUT2D eigenvalue weighted by Crippen LogP contribution is -2.31. The van der Waals surface area contributed by atoms with Crippen LogP contribution in [0.3, 0.4) is 0 Å². The molecule has 1 fully saturated rings. The number of nitrogens with one attached hydrogen (secondary N) is 1. The van der Waals surface area contributed by atoms with Crippen LogP contribution in [0.2, 0.25) is 0 Å². The number of amides is 3. The van der Waals surface area contributed by atoms with Crippen LogP contribution in [0.1, 0.15) is 23.7 Å². The summed E-state index contributed by atoms with van der Waals surface area (Å²) in [6, 6.07) is 15.1. The van der Waals surface area contributed by atoms with E-state index in [4.69, 9.17) is 4.74 Å². The third kappa shape index (κ3) is 5.03. The Morgan fingerprint density at radius 3 is 2.45 bits per heavy atom. The van der Waals surface area contributed by atoms with Gasteiger partial charge in [-0.25, -0.2) is 9.69 Å². The van der Waals surface area contributed by atoms with Crippen LogP contribution in [0.4, 0.5) is 11.4 Å². The van der Waals surface area contributed by atoms with Crippen molar-refractivity contribution in [1.82, 2.24) is 0 Å². The van der Waals surface area contributed by atoms with Crippen LogP contribution in [-0.4, -0.2) is 41.3 Å². The summed E-state index contributed by atoms with van der Waals surface area (Å²) < 4.78 is 4.92. The van der Waals surface area contributed by atoms with E-state index in [9.17, 15) is 19.2 Å². The van der Waals surface area contributed by atoms with Gasteiger partial charge in [0.05, 0.1) is 28.9 Å². The number of carbonyl (C=O) groups is 4. The monoisotopic (exact) mass is 412 g/mol. The van der Waals surface area contributed by atoms with Crippen molar-refractivity contribution in [3.05, 3.63) is 60.2 Å². The molecule has 0 saturated carbocycles. The zero-order valence-corrected chi connectivity index (χ0v) is 16.6. The van der Waals surface area contributed by atoms with Crippen molar-refractivity contribution in [3.63, 3.8) is 0 Å². The summed E-state index contributed by atoms with van der Waals surface area (Å²) in [5.41, 5.74) is 1.42. The van der Waals surface area contributed by atoms with Gasteiger partial charge in [-0.3, -0.25) is 14.4 Å². The van der Waals surface area contributed by atoms with E-state index in [1.807, 2.05) is 18.2 Å². The molecule has 0 aromatic heterocycles. The first kappa shape index (κ1) is 20.6. The van der Waals surface area contributed by atoms with Crippen molar-refractivity contribution >= 4 is 46.8 Å². The third-order valence-electron chi connectivity index (χ3n) is 4.22. The van der Waals surface area contributed by atoms with Gasteiger partial charge in [0.1, 0.15) is 0 Å². The fourth-order valence-electron chi connectivity index (χ4n) is 2.86. The van der Waals surface area contributed by atoms with Crippen molar-refractivity contribution < 1.29 is 23.9 Å². The summed E-state index contributed by atoms with van der Waals surface area (Å²) in [6.45, 7) is 1.98. The minimum atomic E-state index is -0.617. The van der Waals surface area contributed by atoms with E-state index in [2.05, 4.69) is 5.32 Å². The molecule has 3 rings (SSSR count). The van der Waals surface area contributed by atoms with E-state index in [-0.39, 0.29) is 36.5 Å². The molecular formula is C21H20N2O5S. The summed E-state index contributed by atoms with van der Waals surface area (Å²) >= 11 is 1.14. The number of nitrogens with zero attached hydrogens (tertiary/aromatic N) is 1. The smallest absolute Gasteiger partial charge is 0.338 e. The zero-order valence-electron chi connectivity index (χ0n) is 15.8. The molecule has 1 N–H and O–H groups in total. The first-order chi connectivity index (χ1) is 14.0. The van der Waals surface area contributed by atoms with Gasteiger partial charge >= 0.3 is 5.97 Å². The molecule has 150 valence electrons. The largest absolute Gasteiger partial charge is 0.462 e. The highest BCUT2D eigenvalue weighted by molar-refractivity contribution is 8.01. The van der Waals surface area contributed by atoms with Gasteiger partial charge in [0.2, 0.25) is 17.7 Å². The van der Waals surface area contributed by atoms with E-state index < -0.39 is 11.2 Å². The van der Waals surface area contributed by atoms with Gasteiger partial charge in [-0.1, -0.05) is 18.2 Å². The minimum Gasteiger partial charge on any atom is -0.462 e. The SMILES string of the molecule is CCOC(=O)c1ccc(N2C(=O)CC(SCC(=O)Nc3ccccc3)C2=O)cc1. The van der Waals surface area contributed by atoms with Crippen molar-refractivity contribution in [2.45, 2.75) is 18.6 Å². The Balaban J connectivity index is 1.59. The van der Waals surface area contributed by atoms with Crippen LogP contribution in [-0.2, 0) is 19.1 Å². The molecule has 0 aliphatic carbocycles. The molecular weight excluding hydrogens is 392 g/mol. The topological polar surface area (TPSA) is 92.8 Å². The second-order valence-electron chi connectivity index (χ2n) is 6.25. The van der Waals surface area contributed by atoms with Crippen molar-refractivity contribution in [3.8, 4) is 0 Å². The van der Waals surface area contributed by atoms with Crippen LogP contribution >= 0.6 is 11.8 Å². The van der Waals surface area contributed by atoms with E-state index in [1.54, 1.807) is 19.1 Å². The minimum absolute atomic E-state index is 0.0295. The normalized spacial score (nSPS) is 16.0. The molecule has 0 spiro atoms. The maximum absolute atomic E-state index is 12.7. The number of anilines is 2. The Labute approximate surface area is 172 Å². The molecule has 1 aliphatic rings. The van der Waals surface area contributed by atoms with Crippen LogP contribution in [0, 0.1) is 0 Å². The lowest BCUT2D eigenvalue weighted by molar-refractivity contribution is -0.121. The van der Waals surface area contributed by atoms with Gasteiger partial charge in [-0.05, 0) is 43.3 Å². The van der Waals surface area contributed by atoms with E-state index >= 15 is 0 Å². The van der Waals surface area contributed by atoms with Crippen LogP contribution in [0.15, 0.2) is 54.6 Å². The fourth-order valence-corrected chi connectivity index (χ4v) is 3.79. The van der Waals surface area contributed by atoms with Gasteiger partial charge in [0.15, 0.2) is 0 Å². The quantitative estimate of drug-likeness (QED) is 0.555. The maximum Gasteiger partial charge on any atom is 0.338 e. The molecule has 0 bridgehead atoms. The highest BCUT2D eigenvalue weighted by atomic mass is 32.2. The Bertz CT molecular complexity index is 914. The number of ether oxygens (including phenoxy) is 1. The first-order valence-electron chi connectivity index (χ1n) is 9.10. The molecule has 3 amide bonds. The van der Waals surface area contributed by atoms with Crippen LogP contribution in [0.25, 0.3) is 0 Å². The molecule has 29 heavy (non-hydrogen) atoms. The van der Waals surface area contributed by atoms with Gasteiger partial charge in [-0.15, -0.1) is 11.8 Å².